The zero-order chi connectivity index (χ0) is 22.9. The standard InChI is InChI=1S/C27H26N2O4/c1-32-18-12-10-16(11-13-18)17-14-22-25(23(30)15-17)26(19-6-5-9-24(33-2)27(19)31)29-21-8-4-3-7-20(21)28-22/h3-13,17,26,28-29,31H,14-15H2,1-2H3. The number of methoxy groups -OCH3 is 2. The highest BCUT2D eigenvalue weighted by Gasteiger charge is 2.37. The molecule has 0 saturated heterocycles. The molecule has 0 saturated carbocycles. The van der Waals surface area contributed by atoms with Crippen LogP contribution in [0.5, 0.6) is 17.2 Å². The maximum Gasteiger partial charge on any atom is 0.163 e. The van der Waals surface area contributed by atoms with Crippen LogP contribution >= 0.6 is 0 Å². The number of ketones is 1. The lowest BCUT2D eigenvalue weighted by Gasteiger charge is -2.30. The molecular weight excluding hydrogens is 416 g/mol. The van der Waals surface area contributed by atoms with E-state index in [1.807, 2.05) is 60.7 Å². The van der Waals surface area contributed by atoms with E-state index in [4.69, 9.17) is 9.47 Å². The normalized spacial score (nSPS) is 19.5. The molecule has 2 unspecified atom stereocenters. The maximum atomic E-state index is 13.6. The first kappa shape index (κ1) is 20.9. The smallest absolute Gasteiger partial charge is 0.163 e. The number of carbonyl (C=O) groups excluding carboxylic acids is 1. The topological polar surface area (TPSA) is 79.8 Å². The molecule has 2 atom stereocenters. The molecule has 0 radical (unpaired) electrons. The van der Waals surface area contributed by atoms with Gasteiger partial charge in [0, 0.05) is 23.3 Å². The summed E-state index contributed by atoms with van der Waals surface area (Å²) in [5, 5.41) is 17.9. The van der Waals surface area contributed by atoms with Crippen molar-refractivity contribution in [3.8, 4) is 17.2 Å². The van der Waals surface area contributed by atoms with Crippen molar-refractivity contribution >= 4 is 17.2 Å². The van der Waals surface area contributed by atoms with E-state index in [2.05, 4.69) is 10.6 Å². The van der Waals surface area contributed by atoms with Gasteiger partial charge in [0.2, 0.25) is 0 Å². The number of hydrogen-bond donors (Lipinski definition) is 3. The SMILES string of the molecule is COc1ccc(C2CC(=O)C3=C(C2)Nc2ccccc2NC3c2cccc(OC)c2O)cc1. The van der Waals surface area contributed by atoms with E-state index in [0.29, 0.717) is 29.7 Å². The molecule has 0 bridgehead atoms. The fourth-order valence-corrected chi connectivity index (χ4v) is 4.77. The molecule has 1 heterocycles. The van der Waals surface area contributed by atoms with Crippen molar-refractivity contribution in [1.82, 2.24) is 0 Å². The summed E-state index contributed by atoms with van der Waals surface area (Å²) in [6.45, 7) is 0. The Bertz CT molecular complexity index is 1230. The summed E-state index contributed by atoms with van der Waals surface area (Å²) in [5.74, 6) is 1.31. The number of carbonyl (C=O) groups is 1. The van der Waals surface area contributed by atoms with Crippen molar-refractivity contribution < 1.29 is 19.4 Å². The second-order valence-corrected chi connectivity index (χ2v) is 8.34. The molecule has 3 aromatic rings. The predicted molar refractivity (Wildman–Crippen MR) is 128 cm³/mol. The molecule has 0 fully saturated rings. The summed E-state index contributed by atoms with van der Waals surface area (Å²) in [5.41, 5.74) is 5.00. The first-order valence-electron chi connectivity index (χ1n) is 11.0. The predicted octanol–water partition coefficient (Wildman–Crippen LogP) is 5.39. The molecule has 1 aliphatic carbocycles. The number of allylic oxidation sites excluding steroid dienone is 1. The van der Waals surface area contributed by atoms with Gasteiger partial charge in [-0.1, -0.05) is 36.4 Å². The average molecular weight is 443 g/mol. The Morgan fingerprint density at radius 3 is 2.36 bits per heavy atom. The molecule has 0 spiro atoms. The molecule has 1 aliphatic heterocycles. The Morgan fingerprint density at radius 1 is 0.879 bits per heavy atom. The van der Waals surface area contributed by atoms with Gasteiger partial charge in [0.1, 0.15) is 5.75 Å². The van der Waals surface area contributed by atoms with Crippen LogP contribution in [0.25, 0.3) is 0 Å². The van der Waals surface area contributed by atoms with Gasteiger partial charge < -0.3 is 25.2 Å². The van der Waals surface area contributed by atoms with E-state index >= 15 is 0 Å². The molecule has 6 nitrogen and oxygen atoms in total. The van der Waals surface area contributed by atoms with Crippen molar-refractivity contribution in [2.24, 2.45) is 0 Å². The Kier molecular flexibility index (Phi) is 5.42. The van der Waals surface area contributed by atoms with Crippen LogP contribution in [0.2, 0.25) is 0 Å². The van der Waals surface area contributed by atoms with Gasteiger partial charge >= 0.3 is 0 Å². The van der Waals surface area contributed by atoms with Crippen molar-refractivity contribution in [2.75, 3.05) is 24.9 Å². The molecule has 33 heavy (non-hydrogen) atoms. The van der Waals surface area contributed by atoms with Crippen LogP contribution in [-0.4, -0.2) is 25.1 Å². The van der Waals surface area contributed by atoms with Crippen LogP contribution in [0.15, 0.2) is 78.0 Å². The lowest BCUT2D eigenvalue weighted by molar-refractivity contribution is -0.116. The monoisotopic (exact) mass is 442 g/mol. The molecule has 168 valence electrons. The molecule has 0 aromatic heterocycles. The van der Waals surface area contributed by atoms with Crippen molar-refractivity contribution in [2.45, 2.75) is 24.8 Å². The van der Waals surface area contributed by atoms with Gasteiger partial charge in [-0.3, -0.25) is 4.79 Å². The number of benzene rings is 3. The van der Waals surface area contributed by atoms with Crippen LogP contribution in [0.1, 0.15) is 35.9 Å². The maximum absolute atomic E-state index is 13.6. The third-order valence-corrected chi connectivity index (χ3v) is 6.46. The number of fused-ring (bicyclic) bond motifs is 1. The second kappa shape index (κ2) is 8.54. The zero-order valence-electron chi connectivity index (χ0n) is 18.6. The van der Waals surface area contributed by atoms with Crippen LogP contribution in [-0.2, 0) is 4.79 Å². The van der Waals surface area contributed by atoms with Gasteiger partial charge in [0.15, 0.2) is 17.3 Å². The van der Waals surface area contributed by atoms with Crippen LogP contribution < -0.4 is 20.1 Å². The number of ether oxygens (including phenoxy) is 2. The highest BCUT2D eigenvalue weighted by atomic mass is 16.5. The average Bonchev–Trinajstić information content (AvgIpc) is 3.01. The van der Waals surface area contributed by atoms with Crippen LogP contribution in [0.3, 0.4) is 0 Å². The number of hydrogen-bond acceptors (Lipinski definition) is 6. The zero-order valence-corrected chi connectivity index (χ0v) is 18.6. The van der Waals surface area contributed by atoms with Crippen molar-refractivity contribution in [3.05, 3.63) is 89.1 Å². The number of para-hydroxylation sites is 3. The minimum atomic E-state index is -0.504. The second-order valence-electron chi connectivity index (χ2n) is 8.34. The fourth-order valence-electron chi connectivity index (χ4n) is 4.77. The molecule has 3 N–H and O–H groups in total. The van der Waals surface area contributed by atoms with Crippen LogP contribution in [0.4, 0.5) is 11.4 Å². The summed E-state index contributed by atoms with van der Waals surface area (Å²) in [6.07, 6.45) is 1.08. The number of anilines is 2. The Labute approximate surface area is 192 Å². The molecular formula is C27H26N2O4. The summed E-state index contributed by atoms with van der Waals surface area (Å²) in [4.78, 5) is 13.6. The lowest BCUT2D eigenvalue weighted by atomic mass is 9.78. The summed E-state index contributed by atoms with van der Waals surface area (Å²) >= 11 is 0. The van der Waals surface area contributed by atoms with Gasteiger partial charge in [0.05, 0.1) is 31.6 Å². The van der Waals surface area contributed by atoms with E-state index in [-0.39, 0.29) is 17.5 Å². The summed E-state index contributed by atoms with van der Waals surface area (Å²) in [7, 11) is 3.16. The van der Waals surface area contributed by atoms with Crippen LogP contribution in [0, 0.1) is 0 Å². The molecule has 3 aromatic carbocycles. The quantitative estimate of drug-likeness (QED) is 0.503. The number of phenolic OH excluding ortho intramolecular Hbond substituents is 1. The first-order valence-corrected chi connectivity index (χ1v) is 11.0. The molecule has 6 heteroatoms. The summed E-state index contributed by atoms with van der Waals surface area (Å²) in [6, 6.07) is 20.6. The Morgan fingerprint density at radius 2 is 1.64 bits per heavy atom. The molecule has 5 rings (SSSR count). The number of phenols is 1. The number of rotatable bonds is 4. The lowest BCUT2D eigenvalue weighted by Crippen LogP contribution is -2.27. The minimum absolute atomic E-state index is 0.0359. The van der Waals surface area contributed by atoms with E-state index in [1.54, 1.807) is 13.2 Å². The number of Topliss-reactive ketones (excluding diaryl/α,β-unsaturated/α-hetero) is 1. The Hall–Kier alpha value is -3.93. The van der Waals surface area contributed by atoms with Gasteiger partial charge in [-0.2, -0.15) is 0 Å². The third kappa shape index (κ3) is 3.78. The molecule has 2 aliphatic rings. The highest BCUT2D eigenvalue weighted by Crippen LogP contribution is 2.47. The van der Waals surface area contributed by atoms with Crippen molar-refractivity contribution in [1.29, 1.82) is 0 Å². The fraction of sp³-hybridized carbons (Fsp3) is 0.222. The van der Waals surface area contributed by atoms with Gasteiger partial charge in [0.25, 0.3) is 0 Å². The number of nitrogens with one attached hydrogen (secondary N) is 2. The van der Waals surface area contributed by atoms with E-state index < -0.39 is 6.04 Å². The molecule has 0 amide bonds. The Balaban J connectivity index is 1.61. The third-order valence-electron chi connectivity index (χ3n) is 6.46. The van der Waals surface area contributed by atoms with E-state index in [9.17, 15) is 9.90 Å². The van der Waals surface area contributed by atoms with Gasteiger partial charge in [-0.15, -0.1) is 0 Å². The van der Waals surface area contributed by atoms with Crippen molar-refractivity contribution in [3.63, 3.8) is 0 Å². The first-order chi connectivity index (χ1) is 16.1. The van der Waals surface area contributed by atoms with E-state index in [0.717, 1.165) is 28.4 Å². The van der Waals surface area contributed by atoms with E-state index in [1.165, 1.54) is 7.11 Å². The summed E-state index contributed by atoms with van der Waals surface area (Å²) < 4.78 is 10.6. The van der Waals surface area contributed by atoms with Gasteiger partial charge in [-0.05, 0) is 48.2 Å². The minimum Gasteiger partial charge on any atom is -0.504 e. The number of aromatic hydroxyl groups is 1. The van der Waals surface area contributed by atoms with Gasteiger partial charge in [-0.25, -0.2) is 0 Å². The highest BCUT2D eigenvalue weighted by molar-refractivity contribution is 6.01. The largest absolute Gasteiger partial charge is 0.504 e.